The standard InChI is InChI=1S/C22H25N5/c1-18-7-5-6-10-20(18)25-21-15-22(24-17-23-21)27-13-11-26(12-14-27)16-19-8-3-2-4-9-19/h2-10,15,17H,11-14,16H2,1H3,(H,23,24,25). The van der Waals surface area contributed by atoms with Crippen molar-refractivity contribution in [1.29, 1.82) is 0 Å². The van der Waals surface area contributed by atoms with E-state index in [0.717, 1.165) is 50.0 Å². The summed E-state index contributed by atoms with van der Waals surface area (Å²) in [7, 11) is 0. The fourth-order valence-electron chi connectivity index (χ4n) is 3.42. The first-order valence-corrected chi connectivity index (χ1v) is 9.44. The lowest BCUT2D eigenvalue weighted by atomic mass is 10.2. The van der Waals surface area contributed by atoms with Gasteiger partial charge in [-0.05, 0) is 24.1 Å². The van der Waals surface area contributed by atoms with E-state index in [-0.39, 0.29) is 0 Å². The quantitative estimate of drug-likeness (QED) is 0.750. The van der Waals surface area contributed by atoms with Crippen LogP contribution in [0.15, 0.2) is 67.0 Å². The number of benzene rings is 2. The Labute approximate surface area is 160 Å². The number of hydrogen-bond donors (Lipinski definition) is 1. The molecule has 1 fully saturated rings. The molecule has 5 nitrogen and oxygen atoms in total. The number of nitrogens with one attached hydrogen (secondary N) is 1. The van der Waals surface area contributed by atoms with Gasteiger partial charge in [-0.1, -0.05) is 48.5 Å². The first-order valence-electron chi connectivity index (χ1n) is 9.44. The minimum Gasteiger partial charge on any atom is -0.354 e. The number of nitrogens with zero attached hydrogens (tertiary/aromatic N) is 4. The molecule has 5 heteroatoms. The number of aromatic nitrogens is 2. The summed E-state index contributed by atoms with van der Waals surface area (Å²) in [6.45, 7) is 7.15. The predicted molar refractivity (Wildman–Crippen MR) is 110 cm³/mol. The van der Waals surface area contributed by atoms with Crippen molar-refractivity contribution in [2.75, 3.05) is 36.4 Å². The van der Waals surface area contributed by atoms with E-state index in [4.69, 9.17) is 0 Å². The fraction of sp³-hybridized carbons (Fsp3) is 0.273. The van der Waals surface area contributed by atoms with Gasteiger partial charge in [0.15, 0.2) is 0 Å². The number of hydrogen-bond acceptors (Lipinski definition) is 5. The van der Waals surface area contributed by atoms with Gasteiger partial charge in [0.05, 0.1) is 0 Å². The minimum atomic E-state index is 0.834. The van der Waals surface area contributed by atoms with Gasteiger partial charge in [0, 0.05) is 44.5 Å². The van der Waals surface area contributed by atoms with Crippen LogP contribution < -0.4 is 10.2 Å². The van der Waals surface area contributed by atoms with E-state index in [1.54, 1.807) is 6.33 Å². The molecule has 1 aliphatic heterocycles. The van der Waals surface area contributed by atoms with Crippen LogP contribution in [0, 0.1) is 6.92 Å². The number of rotatable bonds is 5. The van der Waals surface area contributed by atoms with E-state index >= 15 is 0 Å². The maximum absolute atomic E-state index is 4.49. The zero-order chi connectivity index (χ0) is 18.5. The molecule has 2 heterocycles. The first-order chi connectivity index (χ1) is 13.3. The van der Waals surface area contributed by atoms with E-state index in [0.29, 0.717) is 0 Å². The summed E-state index contributed by atoms with van der Waals surface area (Å²) in [5.41, 5.74) is 3.65. The third-order valence-electron chi connectivity index (χ3n) is 5.01. The van der Waals surface area contributed by atoms with Gasteiger partial charge in [-0.25, -0.2) is 9.97 Å². The van der Waals surface area contributed by atoms with Crippen molar-refractivity contribution < 1.29 is 0 Å². The van der Waals surface area contributed by atoms with Gasteiger partial charge in [0.2, 0.25) is 0 Å². The Hall–Kier alpha value is -2.92. The Morgan fingerprint density at radius 2 is 1.63 bits per heavy atom. The van der Waals surface area contributed by atoms with Crippen LogP contribution in [0.5, 0.6) is 0 Å². The SMILES string of the molecule is Cc1ccccc1Nc1cc(N2CCN(Cc3ccccc3)CC2)ncn1. The highest BCUT2D eigenvalue weighted by atomic mass is 15.3. The molecule has 0 unspecified atom stereocenters. The second kappa shape index (κ2) is 8.18. The summed E-state index contributed by atoms with van der Waals surface area (Å²) in [5, 5.41) is 3.40. The van der Waals surface area contributed by atoms with Gasteiger partial charge in [-0.15, -0.1) is 0 Å². The molecule has 4 rings (SSSR count). The van der Waals surface area contributed by atoms with Gasteiger partial charge in [0.25, 0.3) is 0 Å². The van der Waals surface area contributed by atoms with Gasteiger partial charge in [0.1, 0.15) is 18.0 Å². The molecular formula is C22H25N5. The lowest BCUT2D eigenvalue weighted by Gasteiger charge is -2.35. The van der Waals surface area contributed by atoms with Crippen molar-refractivity contribution in [2.24, 2.45) is 0 Å². The number of para-hydroxylation sites is 1. The van der Waals surface area contributed by atoms with Crippen molar-refractivity contribution in [3.05, 3.63) is 78.1 Å². The van der Waals surface area contributed by atoms with Gasteiger partial charge < -0.3 is 10.2 Å². The Morgan fingerprint density at radius 1 is 0.889 bits per heavy atom. The van der Waals surface area contributed by atoms with E-state index in [9.17, 15) is 0 Å². The highest BCUT2D eigenvalue weighted by Crippen LogP contribution is 2.22. The van der Waals surface area contributed by atoms with Crippen LogP contribution in [-0.4, -0.2) is 41.0 Å². The van der Waals surface area contributed by atoms with Crippen molar-refractivity contribution >= 4 is 17.3 Å². The van der Waals surface area contributed by atoms with Gasteiger partial charge in [-0.3, -0.25) is 4.90 Å². The zero-order valence-electron chi connectivity index (χ0n) is 15.7. The summed E-state index contributed by atoms with van der Waals surface area (Å²) in [6, 6.07) is 20.9. The van der Waals surface area contributed by atoms with E-state index < -0.39 is 0 Å². The molecule has 1 aliphatic rings. The van der Waals surface area contributed by atoms with Gasteiger partial charge in [-0.2, -0.15) is 0 Å². The van der Waals surface area contributed by atoms with Crippen LogP contribution in [0.1, 0.15) is 11.1 Å². The summed E-state index contributed by atoms with van der Waals surface area (Å²) in [5.74, 6) is 1.82. The average molecular weight is 359 g/mol. The van der Waals surface area contributed by atoms with E-state index in [1.165, 1.54) is 11.1 Å². The topological polar surface area (TPSA) is 44.3 Å². The normalized spacial score (nSPS) is 14.9. The van der Waals surface area contributed by atoms with Crippen LogP contribution >= 0.6 is 0 Å². The molecule has 0 spiro atoms. The smallest absolute Gasteiger partial charge is 0.135 e. The molecule has 0 aliphatic carbocycles. The Morgan fingerprint density at radius 3 is 2.41 bits per heavy atom. The van der Waals surface area contributed by atoms with Crippen LogP contribution in [0.4, 0.5) is 17.3 Å². The first kappa shape index (κ1) is 17.5. The second-order valence-corrected chi connectivity index (χ2v) is 6.95. The minimum absolute atomic E-state index is 0.834. The van der Waals surface area contributed by atoms with Gasteiger partial charge >= 0.3 is 0 Å². The molecule has 138 valence electrons. The number of anilines is 3. The molecule has 0 amide bonds. The zero-order valence-corrected chi connectivity index (χ0v) is 15.7. The Bertz CT molecular complexity index is 873. The lowest BCUT2D eigenvalue weighted by molar-refractivity contribution is 0.249. The second-order valence-electron chi connectivity index (χ2n) is 6.95. The highest BCUT2D eigenvalue weighted by molar-refractivity contribution is 5.62. The Kier molecular flexibility index (Phi) is 5.30. The van der Waals surface area contributed by atoms with E-state index in [2.05, 4.69) is 74.5 Å². The number of aryl methyl sites for hydroxylation is 1. The molecular weight excluding hydrogens is 334 g/mol. The average Bonchev–Trinajstić information content (AvgIpc) is 2.71. The Balaban J connectivity index is 1.38. The maximum Gasteiger partial charge on any atom is 0.135 e. The van der Waals surface area contributed by atoms with Crippen molar-refractivity contribution in [2.45, 2.75) is 13.5 Å². The monoisotopic (exact) mass is 359 g/mol. The molecule has 0 bridgehead atoms. The number of piperazine rings is 1. The van der Waals surface area contributed by atoms with Crippen LogP contribution in [0.25, 0.3) is 0 Å². The molecule has 0 atom stereocenters. The molecule has 1 N–H and O–H groups in total. The molecule has 0 radical (unpaired) electrons. The third kappa shape index (κ3) is 4.44. The lowest BCUT2D eigenvalue weighted by Crippen LogP contribution is -2.46. The highest BCUT2D eigenvalue weighted by Gasteiger charge is 2.18. The van der Waals surface area contributed by atoms with Crippen molar-refractivity contribution in [1.82, 2.24) is 14.9 Å². The summed E-state index contributed by atoms with van der Waals surface area (Å²) >= 11 is 0. The molecule has 1 aromatic heterocycles. The third-order valence-corrected chi connectivity index (χ3v) is 5.01. The van der Waals surface area contributed by atoms with Crippen LogP contribution in [-0.2, 0) is 6.54 Å². The maximum atomic E-state index is 4.49. The molecule has 0 saturated carbocycles. The summed E-state index contributed by atoms with van der Waals surface area (Å²) in [4.78, 5) is 13.7. The van der Waals surface area contributed by atoms with Crippen molar-refractivity contribution in [3.63, 3.8) is 0 Å². The van der Waals surface area contributed by atoms with Crippen LogP contribution in [0.2, 0.25) is 0 Å². The fourth-order valence-corrected chi connectivity index (χ4v) is 3.42. The summed E-state index contributed by atoms with van der Waals surface area (Å²) in [6.07, 6.45) is 1.65. The molecule has 27 heavy (non-hydrogen) atoms. The molecule has 3 aromatic rings. The molecule has 2 aromatic carbocycles. The largest absolute Gasteiger partial charge is 0.354 e. The predicted octanol–water partition coefficient (Wildman–Crippen LogP) is 3.85. The van der Waals surface area contributed by atoms with Crippen molar-refractivity contribution in [3.8, 4) is 0 Å². The molecule has 1 saturated heterocycles. The van der Waals surface area contributed by atoms with E-state index in [1.807, 2.05) is 18.2 Å². The van der Waals surface area contributed by atoms with Crippen LogP contribution in [0.3, 0.4) is 0 Å². The summed E-state index contributed by atoms with van der Waals surface area (Å²) < 4.78 is 0.